The zero-order chi connectivity index (χ0) is 17.2. The molecule has 1 aromatic carbocycles. The van der Waals surface area contributed by atoms with Gasteiger partial charge in [0.2, 0.25) is 0 Å². The third-order valence-corrected chi connectivity index (χ3v) is 4.38. The Balaban J connectivity index is 1.78. The molecule has 3 nitrogen and oxygen atoms in total. The van der Waals surface area contributed by atoms with Gasteiger partial charge in [0.15, 0.2) is 0 Å². The predicted octanol–water partition coefficient (Wildman–Crippen LogP) is 5.32. The van der Waals surface area contributed by atoms with E-state index in [0.29, 0.717) is 18.3 Å². The van der Waals surface area contributed by atoms with Crippen LogP contribution in [-0.4, -0.2) is 12.6 Å². The van der Waals surface area contributed by atoms with Crippen LogP contribution in [0, 0.1) is 11.8 Å². The summed E-state index contributed by atoms with van der Waals surface area (Å²) in [6.07, 6.45) is 12.6. The third kappa shape index (κ3) is 5.88. The first-order chi connectivity index (χ1) is 11.7. The molecule has 1 aliphatic rings. The van der Waals surface area contributed by atoms with Crippen LogP contribution < -0.4 is 9.47 Å². The molecule has 0 amide bonds. The Morgan fingerprint density at radius 2 is 1.83 bits per heavy atom. The second-order valence-electron chi connectivity index (χ2n) is 6.32. The number of carbonyl (C=O) groups is 1. The van der Waals surface area contributed by atoms with Gasteiger partial charge in [-0.3, -0.25) is 4.79 Å². The predicted molar refractivity (Wildman–Crippen MR) is 97.3 cm³/mol. The molecule has 0 N–H and O–H groups in total. The quantitative estimate of drug-likeness (QED) is 0.368. The van der Waals surface area contributed by atoms with Crippen LogP contribution in [-0.2, 0) is 4.79 Å². The summed E-state index contributed by atoms with van der Waals surface area (Å²) < 4.78 is 10.9. The van der Waals surface area contributed by atoms with Crippen molar-refractivity contribution in [2.45, 2.75) is 45.4 Å². The maximum atomic E-state index is 12.3. The smallest absolute Gasteiger partial charge is 0.314 e. The van der Waals surface area contributed by atoms with Gasteiger partial charge in [0.05, 0.1) is 5.92 Å². The molecule has 1 saturated carbocycles. The van der Waals surface area contributed by atoms with Gasteiger partial charge >= 0.3 is 5.97 Å². The van der Waals surface area contributed by atoms with Gasteiger partial charge in [-0.25, -0.2) is 0 Å². The van der Waals surface area contributed by atoms with Crippen LogP contribution in [0.3, 0.4) is 0 Å². The van der Waals surface area contributed by atoms with Crippen molar-refractivity contribution in [3.8, 4) is 11.5 Å². The first kappa shape index (κ1) is 18.3. The Labute approximate surface area is 145 Å². The van der Waals surface area contributed by atoms with Crippen LogP contribution in [0.2, 0.25) is 0 Å². The van der Waals surface area contributed by atoms with Crippen molar-refractivity contribution in [1.82, 2.24) is 0 Å². The SMILES string of the molecule is C=CCOc1ccc(OC(=O)[C@H]2CC[C@H](/C=C/CCC)CC2)cc1. The highest BCUT2D eigenvalue weighted by Crippen LogP contribution is 2.31. The van der Waals surface area contributed by atoms with Crippen LogP contribution >= 0.6 is 0 Å². The average Bonchev–Trinajstić information content (AvgIpc) is 2.62. The van der Waals surface area contributed by atoms with Crippen molar-refractivity contribution >= 4 is 5.97 Å². The highest BCUT2D eigenvalue weighted by atomic mass is 16.5. The number of ether oxygens (including phenoxy) is 2. The summed E-state index contributed by atoms with van der Waals surface area (Å²) in [5.74, 6) is 1.87. The number of rotatable bonds is 8. The summed E-state index contributed by atoms with van der Waals surface area (Å²) in [6, 6.07) is 7.16. The molecule has 24 heavy (non-hydrogen) atoms. The normalized spacial score (nSPS) is 20.7. The van der Waals surface area contributed by atoms with Crippen LogP contribution in [0.1, 0.15) is 45.4 Å². The number of benzene rings is 1. The van der Waals surface area contributed by atoms with E-state index in [1.807, 2.05) is 12.1 Å². The van der Waals surface area contributed by atoms with Crippen molar-refractivity contribution in [1.29, 1.82) is 0 Å². The van der Waals surface area contributed by atoms with Crippen LogP contribution in [0.15, 0.2) is 49.1 Å². The maximum Gasteiger partial charge on any atom is 0.314 e. The third-order valence-electron chi connectivity index (χ3n) is 4.38. The first-order valence-electron chi connectivity index (χ1n) is 8.95. The van der Waals surface area contributed by atoms with Gasteiger partial charge in [-0.05, 0) is 62.3 Å². The average molecular weight is 328 g/mol. The summed E-state index contributed by atoms with van der Waals surface area (Å²) >= 11 is 0. The van der Waals surface area contributed by atoms with Gasteiger partial charge < -0.3 is 9.47 Å². The van der Waals surface area contributed by atoms with Gasteiger partial charge in [0.1, 0.15) is 18.1 Å². The highest BCUT2D eigenvalue weighted by Gasteiger charge is 2.26. The van der Waals surface area contributed by atoms with E-state index < -0.39 is 0 Å². The number of allylic oxidation sites excluding steroid dienone is 2. The van der Waals surface area contributed by atoms with E-state index in [0.717, 1.165) is 37.9 Å². The van der Waals surface area contributed by atoms with Crippen LogP contribution in [0.4, 0.5) is 0 Å². The lowest BCUT2D eigenvalue weighted by molar-refractivity contribution is -0.140. The van der Waals surface area contributed by atoms with E-state index in [1.165, 1.54) is 6.42 Å². The van der Waals surface area contributed by atoms with E-state index in [9.17, 15) is 4.79 Å². The fourth-order valence-electron chi connectivity index (χ4n) is 2.96. The molecule has 3 heteroatoms. The molecular formula is C21H28O3. The van der Waals surface area contributed by atoms with E-state index >= 15 is 0 Å². The molecule has 0 unspecified atom stereocenters. The fourth-order valence-corrected chi connectivity index (χ4v) is 2.96. The summed E-state index contributed by atoms with van der Waals surface area (Å²) in [5, 5.41) is 0. The molecule has 1 aliphatic carbocycles. The molecule has 0 spiro atoms. The number of hydrogen-bond donors (Lipinski definition) is 0. The van der Waals surface area contributed by atoms with Gasteiger partial charge in [-0.1, -0.05) is 38.2 Å². The molecule has 2 rings (SSSR count). The molecular weight excluding hydrogens is 300 g/mol. The molecule has 0 aliphatic heterocycles. The van der Waals surface area contributed by atoms with E-state index in [-0.39, 0.29) is 11.9 Å². The fraction of sp³-hybridized carbons (Fsp3) is 0.476. The van der Waals surface area contributed by atoms with Gasteiger partial charge in [0, 0.05) is 0 Å². The lowest BCUT2D eigenvalue weighted by atomic mass is 9.82. The zero-order valence-corrected chi connectivity index (χ0v) is 14.6. The van der Waals surface area contributed by atoms with Gasteiger partial charge in [-0.2, -0.15) is 0 Å². The zero-order valence-electron chi connectivity index (χ0n) is 14.6. The Bertz CT molecular complexity index is 537. The van der Waals surface area contributed by atoms with Crippen molar-refractivity contribution in [3.05, 3.63) is 49.1 Å². The molecule has 1 fully saturated rings. The molecule has 0 atom stereocenters. The highest BCUT2D eigenvalue weighted by molar-refractivity contribution is 5.75. The lowest BCUT2D eigenvalue weighted by Crippen LogP contribution is -2.25. The Morgan fingerprint density at radius 1 is 1.17 bits per heavy atom. The maximum absolute atomic E-state index is 12.3. The molecule has 0 saturated heterocycles. The Kier molecular flexibility index (Phi) is 7.60. The summed E-state index contributed by atoms with van der Waals surface area (Å²) in [6.45, 7) is 6.27. The van der Waals surface area contributed by atoms with Crippen LogP contribution in [0.25, 0.3) is 0 Å². The molecule has 0 aromatic heterocycles. The minimum absolute atomic E-state index is 0.0255. The second kappa shape index (κ2) is 9.96. The molecule has 0 bridgehead atoms. The lowest BCUT2D eigenvalue weighted by Gasteiger charge is -2.25. The largest absolute Gasteiger partial charge is 0.490 e. The summed E-state index contributed by atoms with van der Waals surface area (Å²) in [5.41, 5.74) is 0. The number of unbranched alkanes of at least 4 members (excludes halogenated alkanes) is 1. The van der Waals surface area contributed by atoms with E-state index in [4.69, 9.17) is 9.47 Å². The van der Waals surface area contributed by atoms with Gasteiger partial charge in [0.25, 0.3) is 0 Å². The summed E-state index contributed by atoms with van der Waals surface area (Å²) in [4.78, 5) is 12.3. The van der Waals surface area contributed by atoms with E-state index in [1.54, 1.807) is 18.2 Å². The molecule has 0 radical (unpaired) electrons. The monoisotopic (exact) mass is 328 g/mol. The van der Waals surface area contributed by atoms with Crippen molar-refractivity contribution in [2.24, 2.45) is 11.8 Å². The van der Waals surface area contributed by atoms with Crippen LogP contribution in [0.5, 0.6) is 11.5 Å². The topological polar surface area (TPSA) is 35.5 Å². The van der Waals surface area contributed by atoms with Crippen molar-refractivity contribution in [3.63, 3.8) is 0 Å². The minimum atomic E-state index is -0.106. The standard InChI is InChI=1S/C21H28O3/c1-3-5-6-7-17-8-10-18(11-9-17)21(22)24-20-14-12-19(13-15-20)23-16-4-2/h4,6-7,12-15,17-18H,2-3,5,8-11,16H2,1H3/b7-6+/t17-,18-. The number of hydrogen-bond acceptors (Lipinski definition) is 3. The van der Waals surface area contributed by atoms with Gasteiger partial charge in [-0.15, -0.1) is 0 Å². The molecule has 0 heterocycles. The first-order valence-corrected chi connectivity index (χ1v) is 8.95. The molecule has 1 aromatic rings. The van der Waals surface area contributed by atoms with Crippen molar-refractivity contribution in [2.75, 3.05) is 6.61 Å². The number of esters is 1. The van der Waals surface area contributed by atoms with Crippen molar-refractivity contribution < 1.29 is 14.3 Å². The number of carbonyl (C=O) groups excluding carboxylic acids is 1. The molecule has 130 valence electrons. The summed E-state index contributed by atoms with van der Waals surface area (Å²) in [7, 11) is 0. The minimum Gasteiger partial charge on any atom is -0.490 e. The second-order valence-corrected chi connectivity index (χ2v) is 6.32. The Hall–Kier alpha value is -2.03. The van der Waals surface area contributed by atoms with E-state index in [2.05, 4.69) is 25.7 Å². The Morgan fingerprint density at radius 3 is 2.46 bits per heavy atom.